The number of amidine groups is 1. The Morgan fingerprint density at radius 3 is 2.19 bits per heavy atom. The van der Waals surface area contributed by atoms with E-state index in [2.05, 4.69) is 5.10 Å². The average molecular weight is 279 g/mol. The molecule has 5 nitrogen and oxygen atoms in total. The van der Waals surface area contributed by atoms with Crippen molar-refractivity contribution in [2.45, 2.75) is 0 Å². The summed E-state index contributed by atoms with van der Waals surface area (Å²) in [5, 5.41) is 5.21. The van der Waals surface area contributed by atoms with Crippen molar-refractivity contribution >= 4 is 23.2 Å². The van der Waals surface area contributed by atoms with E-state index in [1.165, 1.54) is 5.01 Å². The van der Waals surface area contributed by atoms with E-state index in [1.54, 1.807) is 54.6 Å². The van der Waals surface area contributed by atoms with Gasteiger partial charge in [0.15, 0.2) is 11.7 Å². The predicted octanol–water partition coefficient (Wildman–Crippen LogP) is 1.80. The lowest BCUT2D eigenvalue weighted by atomic mass is 9.96. The van der Waals surface area contributed by atoms with Gasteiger partial charge in [-0.1, -0.05) is 48.5 Å². The number of para-hydroxylation sites is 1. The summed E-state index contributed by atoms with van der Waals surface area (Å²) < 4.78 is 0. The Morgan fingerprint density at radius 2 is 1.57 bits per heavy atom. The van der Waals surface area contributed by atoms with Crippen LogP contribution in [0.4, 0.5) is 5.69 Å². The van der Waals surface area contributed by atoms with Crippen LogP contribution >= 0.6 is 0 Å². The maximum Gasteiger partial charge on any atom is 0.266 e. The number of Topliss-reactive ketones (excluding diaryl/α,β-unsaturated/α-hetero) is 1. The Hall–Kier alpha value is -2.95. The van der Waals surface area contributed by atoms with Crippen molar-refractivity contribution in [3.63, 3.8) is 0 Å². The van der Waals surface area contributed by atoms with Crippen LogP contribution in [0.15, 0.2) is 65.8 Å². The molecule has 1 amide bonds. The van der Waals surface area contributed by atoms with Gasteiger partial charge in [-0.15, -0.1) is 0 Å². The largest absolute Gasteiger partial charge is 0.385 e. The van der Waals surface area contributed by atoms with E-state index in [1.807, 2.05) is 6.07 Å². The van der Waals surface area contributed by atoms with Crippen LogP contribution in [0.3, 0.4) is 0 Å². The second-order valence-corrected chi connectivity index (χ2v) is 4.67. The van der Waals surface area contributed by atoms with Crippen molar-refractivity contribution in [3.05, 3.63) is 66.2 Å². The second kappa shape index (κ2) is 5.20. The summed E-state index contributed by atoms with van der Waals surface area (Å²) in [5.74, 6) is -1.78. The highest BCUT2D eigenvalue weighted by Gasteiger charge is 2.40. The third-order valence-electron chi connectivity index (χ3n) is 3.29. The minimum atomic E-state index is -1.05. The van der Waals surface area contributed by atoms with Crippen molar-refractivity contribution in [2.24, 2.45) is 16.8 Å². The summed E-state index contributed by atoms with van der Waals surface area (Å²) in [5.41, 5.74) is 6.84. The first-order valence-electron chi connectivity index (χ1n) is 6.51. The van der Waals surface area contributed by atoms with Crippen LogP contribution in [0, 0.1) is 5.92 Å². The molecular weight excluding hydrogens is 266 g/mol. The molecule has 0 spiro atoms. The number of ketones is 1. The fraction of sp³-hybridized carbons (Fsp3) is 0.0625. The van der Waals surface area contributed by atoms with Crippen molar-refractivity contribution in [2.75, 3.05) is 5.01 Å². The molecule has 0 aliphatic carbocycles. The molecule has 1 atom stereocenters. The summed E-state index contributed by atoms with van der Waals surface area (Å²) in [6, 6.07) is 17.5. The molecule has 2 aromatic rings. The van der Waals surface area contributed by atoms with Gasteiger partial charge in [-0.05, 0) is 12.1 Å². The molecule has 0 bridgehead atoms. The first-order chi connectivity index (χ1) is 10.2. The summed E-state index contributed by atoms with van der Waals surface area (Å²) in [4.78, 5) is 24.9. The monoisotopic (exact) mass is 279 g/mol. The van der Waals surface area contributed by atoms with Crippen LogP contribution in [0.5, 0.6) is 0 Å². The summed E-state index contributed by atoms with van der Waals surface area (Å²) in [6.45, 7) is 0. The van der Waals surface area contributed by atoms with Gasteiger partial charge in [-0.25, -0.2) is 0 Å². The maximum absolute atomic E-state index is 12.4. The van der Waals surface area contributed by atoms with E-state index in [0.717, 1.165) is 0 Å². The van der Waals surface area contributed by atoms with E-state index in [0.29, 0.717) is 11.3 Å². The van der Waals surface area contributed by atoms with Gasteiger partial charge in [-0.3, -0.25) is 9.59 Å². The van der Waals surface area contributed by atoms with E-state index < -0.39 is 11.8 Å². The Bertz CT molecular complexity index is 711. The molecule has 104 valence electrons. The topological polar surface area (TPSA) is 75.8 Å². The highest BCUT2D eigenvalue weighted by Crippen LogP contribution is 2.24. The number of carbonyl (C=O) groups is 2. The molecule has 0 aromatic heterocycles. The molecule has 2 N–H and O–H groups in total. The van der Waals surface area contributed by atoms with Gasteiger partial charge in [0.05, 0.1) is 5.69 Å². The average Bonchev–Trinajstić information content (AvgIpc) is 2.83. The molecule has 3 rings (SSSR count). The fourth-order valence-electron chi connectivity index (χ4n) is 2.24. The summed E-state index contributed by atoms with van der Waals surface area (Å²) in [6.07, 6.45) is 0. The van der Waals surface area contributed by atoms with E-state index >= 15 is 0 Å². The van der Waals surface area contributed by atoms with Gasteiger partial charge >= 0.3 is 0 Å². The minimum Gasteiger partial charge on any atom is -0.385 e. The van der Waals surface area contributed by atoms with E-state index in [9.17, 15) is 9.59 Å². The number of amides is 1. The number of hydrogen-bond donors (Lipinski definition) is 1. The maximum atomic E-state index is 12.4. The molecule has 2 aromatic carbocycles. The molecule has 1 heterocycles. The summed E-state index contributed by atoms with van der Waals surface area (Å²) >= 11 is 0. The van der Waals surface area contributed by atoms with Gasteiger partial charge in [0.1, 0.15) is 5.84 Å². The number of benzene rings is 2. The molecule has 0 fully saturated rings. The number of hydrazone groups is 1. The number of anilines is 1. The van der Waals surface area contributed by atoms with Gasteiger partial charge in [0.2, 0.25) is 0 Å². The SMILES string of the molecule is NC1=NN(c2ccccc2)C(=O)C1C(=O)c1ccccc1. The van der Waals surface area contributed by atoms with E-state index in [4.69, 9.17) is 5.73 Å². The first-order valence-corrected chi connectivity index (χ1v) is 6.51. The second-order valence-electron chi connectivity index (χ2n) is 4.67. The van der Waals surface area contributed by atoms with Crippen molar-refractivity contribution in [1.82, 2.24) is 0 Å². The third kappa shape index (κ3) is 2.29. The smallest absolute Gasteiger partial charge is 0.266 e. The zero-order valence-electron chi connectivity index (χ0n) is 11.1. The number of carbonyl (C=O) groups excluding carboxylic acids is 2. The molecule has 0 saturated heterocycles. The van der Waals surface area contributed by atoms with Crippen molar-refractivity contribution < 1.29 is 9.59 Å². The van der Waals surface area contributed by atoms with Crippen LogP contribution in [-0.4, -0.2) is 17.5 Å². The predicted molar refractivity (Wildman–Crippen MR) is 79.8 cm³/mol. The zero-order valence-corrected chi connectivity index (χ0v) is 11.1. The molecule has 1 unspecified atom stereocenters. The van der Waals surface area contributed by atoms with Gasteiger partial charge in [0.25, 0.3) is 5.91 Å². The standard InChI is InChI=1S/C16H13N3O2/c17-15-13(14(20)11-7-3-1-4-8-11)16(21)19(18-15)12-9-5-2-6-10-12/h1-10,13H,(H2,17,18). The fourth-order valence-corrected chi connectivity index (χ4v) is 2.24. The Kier molecular flexibility index (Phi) is 3.23. The van der Waals surface area contributed by atoms with Crippen LogP contribution < -0.4 is 10.7 Å². The van der Waals surface area contributed by atoms with Gasteiger partial charge in [0, 0.05) is 5.56 Å². The highest BCUT2D eigenvalue weighted by atomic mass is 16.2. The van der Waals surface area contributed by atoms with Crippen LogP contribution in [0.25, 0.3) is 0 Å². The van der Waals surface area contributed by atoms with Crippen molar-refractivity contribution in [3.8, 4) is 0 Å². The zero-order chi connectivity index (χ0) is 14.8. The molecular formula is C16H13N3O2. The van der Waals surface area contributed by atoms with Crippen molar-refractivity contribution in [1.29, 1.82) is 0 Å². The van der Waals surface area contributed by atoms with Gasteiger partial charge in [-0.2, -0.15) is 10.1 Å². The molecule has 5 heteroatoms. The van der Waals surface area contributed by atoms with Crippen LogP contribution in [0.2, 0.25) is 0 Å². The quantitative estimate of drug-likeness (QED) is 0.687. The van der Waals surface area contributed by atoms with E-state index in [-0.39, 0.29) is 11.6 Å². The molecule has 0 saturated carbocycles. The molecule has 0 radical (unpaired) electrons. The molecule has 1 aliphatic heterocycles. The highest BCUT2D eigenvalue weighted by molar-refractivity contribution is 6.30. The normalized spacial score (nSPS) is 17.7. The lowest BCUT2D eigenvalue weighted by molar-refractivity contribution is -0.118. The van der Waals surface area contributed by atoms with Crippen LogP contribution in [0.1, 0.15) is 10.4 Å². The Morgan fingerprint density at radius 1 is 1.00 bits per heavy atom. The lowest BCUT2D eigenvalue weighted by Gasteiger charge is -2.13. The molecule has 21 heavy (non-hydrogen) atoms. The number of hydrogen-bond acceptors (Lipinski definition) is 4. The number of nitrogens with zero attached hydrogens (tertiary/aromatic N) is 2. The third-order valence-corrected chi connectivity index (χ3v) is 3.29. The Balaban J connectivity index is 1.91. The number of rotatable bonds is 3. The van der Waals surface area contributed by atoms with Gasteiger partial charge < -0.3 is 5.73 Å². The first kappa shape index (κ1) is 13.1. The minimum absolute atomic E-state index is 0.0257. The lowest BCUT2D eigenvalue weighted by Crippen LogP contribution is -2.36. The summed E-state index contributed by atoms with van der Waals surface area (Å²) in [7, 11) is 0. The number of nitrogens with two attached hydrogens (primary N) is 1. The molecule has 1 aliphatic rings. The Labute approximate surface area is 121 Å². The van der Waals surface area contributed by atoms with Crippen LogP contribution in [-0.2, 0) is 4.79 Å².